The third-order valence-corrected chi connectivity index (χ3v) is 5.81. The number of benzene rings is 2. The summed E-state index contributed by atoms with van der Waals surface area (Å²) in [6.45, 7) is 1.08. The van der Waals surface area contributed by atoms with E-state index in [2.05, 4.69) is 53.2 Å². The first kappa shape index (κ1) is 13.3. The molecule has 1 aliphatic rings. The molecule has 2 nitrogen and oxygen atoms in total. The quantitative estimate of drug-likeness (QED) is 0.762. The third kappa shape index (κ3) is 2.71. The van der Waals surface area contributed by atoms with Gasteiger partial charge in [0.1, 0.15) is 5.01 Å². The number of nitrogens with zero attached hydrogens (tertiary/aromatic N) is 1. The van der Waals surface area contributed by atoms with Crippen LogP contribution in [0.3, 0.4) is 0 Å². The van der Waals surface area contributed by atoms with E-state index in [0.29, 0.717) is 6.04 Å². The van der Waals surface area contributed by atoms with Crippen LogP contribution >= 0.6 is 23.1 Å². The van der Waals surface area contributed by atoms with E-state index >= 15 is 0 Å². The first-order chi connectivity index (χ1) is 10.4. The summed E-state index contributed by atoms with van der Waals surface area (Å²) in [5.41, 5.74) is 2.30. The van der Waals surface area contributed by atoms with Gasteiger partial charge < -0.3 is 5.32 Å². The van der Waals surface area contributed by atoms with Crippen LogP contribution in [0.25, 0.3) is 22.0 Å². The molecule has 21 heavy (non-hydrogen) atoms. The molecule has 0 saturated carbocycles. The topological polar surface area (TPSA) is 24.9 Å². The summed E-state index contributed by atoms with van der Waals surface area (Å²) in [5, 5.41) is 9.50. The van der Waals surface area contributed by atoms with Gasteiger partial charge in [-0.3, -0.25) is 0 Å². The maximum Gasteiger partial charge on any atom is 0.111 e. The third-order valence-electron chi connectivity index (χ3n) is 3.79. The lowest BCUT2D eigenvalue weighted by Gasteiger charge is -2.20. The lowest BCUT2D eigenvalue weighted by Crippen LogP contribution is -2.30. The predicted octanol–water partition coefficient (Wildman–Crippen LogP) is 4.34. The van der Waals surface area contributed by atoms with E-state index in [1.54, 1.807) is 11.3 Å². The number of rotatable bonds is 2. The molecule has 106 valence electrons. The summed E-state index contributed by atoms with van der Waals surface area (Å²) in [6.07, 6.45) is 0. The first-order valence-electron chi connectivity index (χ1n) is 7.16. The molecule has 2 aromatic carbocycles. The fourth-order valence-electron chi connectivity index (χ4n) is 2.65. The number of thiazole rings is 1. The second kappa shape index (κ2) is 5.79. The lowest BCUT2D eigenvalue weighted by atomic mass is 10.1. The zero-order chi connectivity index (χ0) is 14.1. The summed E-state index contributed by atoms with van der Waals surface area (Å²) in [6, 6.07) is 15.5. The van der Waals surface area contributed by atoms with Crippen molar-refractivity contribution in [3.8, 4) is 11.3 Å². The molecule has 2 heterocycles. The van der Waals surface area contributed by atoms with Crippen molar-refractivity contribution in [3.05, 3.63) is 52.9 Å². The molecule has 0 bridgehead atoms. The standard InChI is InChI=1S/C17H16N2S2/c1-2-4-13-9-14(6-5-12(13)3-1)15-11-21-17(19-15)16-10-20-8-7-18-16/h1-6,9,11,16,18H,7-8,10H2. The van der Waals surface area contributed by atoms with Gasteiger partial charge in [0.05, 0.1) is 11.7 Å². The van der Waals surface area contributed by atoms with Gasteiger partial charge in [-0.25, -0.2) is 4.98 Å². The summed E-state index contributed by atoms with van der Waals surface area (Å²) < 4.78 is 0. The highest BCUT2D eigenvalue weighted by Gasteiger charge is 2.18. The Bertz CT molecular complexity index is 760. The second-order valence-corrected chi connectivity index (χ2v) is 7.25. The molecule has 1 atom stereocenters. The van der Waals surface area contributed by atoms with Crippen molar-refractivity contribution in [3.63, 3.8) is 0 Å². The van der Waals surface area contributed by atoms with Gasteiger partial charge in [0.15, 0.2) is 0 Å². The molecule has 0 aliphatic carbocycles. The Kier molecular flexibility index (Phi) is 3.67. The summed E-state index contributed by atoms with van der Waals surface area (Å²) in [5.74, 6) is 2.34. The highest BCUT2D eigenvalue weighted by Crippen LogP contribution is 2.30. The Labute approximate surface area is 132 Å². The van der Waals surface area contributed by atoms with Gasteiger partial charge in [-0.15, -0.1) is 11.3 Å². The van der Waals surface area contributed by atoms with Crippen molar-refractivity contribution < 1.29 is 0 Å². The van der Waals surface area contributed by atoms with E-state index in [9.17, 15) is 0 Å². The molecule has 1 N–H and O–H groups in total. The average Bonchev–Trinajstić information content (AvgIpc) is 3.05. The van der Waals surface area contributed by atoms with Gasteiger partial charge in [0, 0.05) is 29.0 Å². The lowest BCUT2D eigenvalue weighted by molar-refractivity contribution is 0.592. The second-order valence-electron chi connectivity index (χ2n) is 5.21. The maximum atomic E-state index is 4.85. The van der Waals surface area contributed by atoms with Crippen LogP contribution < -0.4 is 5.32 Å². The van der Waals surface area contributed by atoms with Crippen LogP contribution in [0.5, 0.6) is 0 Å². The molecule has 3 aromatic rings. The summed E-state index contributed by atoms with van der Waals surface area (Å²) in [4.78, 5) is 4.85. The Morgan fingerprint density at radius 2 is 2.00 bits per heavy atom. The van der Waals surface area contributed by atoms with Gasteiger partial charge in [-0.05, 0) is 16.8 Å². The van der Waals surface area contributed by atoms with Gasteiger partial charge in [0.25, 0.3) is 0 Å². The highest BCUT2D eigenvalue weighted by atomic mass is 32.2. The van der Waals surface area contributed by atoms with Crippen LogP contribution in [0, 0.1) is 0 Å². The average molecular weight is 312 g/mol. The van der Waals surface area contributed by atoms with E-state index in [-0.39, 0.29) is 0 Å². The Balaban J connectivity index is 1.67. The van der Waals surface area contributed by atoms with E-state index in [1.807, 2.05) is 11.8 Å². The Morgan fingerprint density at radius 3 is 2.86 bits per heavy atom. The smallest absolute Gasteiger partial charge is 0.111 e. The minimum absolute atomic E-state index is 0.419. The zero-order valence-electron chi connectivity index (χ0n) is 11.6. The number of aromatic nitrogens is 1. The van der Waals surface area contributed by atoms with Crippen molar-refractivity contribution in [2.24, 2.45) is 0 Å². The van der Waals surface area contributed by atoms with Gasteiger partial charge in [-0.2, -0.15) is 11.8 Å². The normalized spacial score (nSPS) is 19.0. The molecule has 0 amide bonds. The molecule has 1 fully saturated rings. The molecule has 1 aromatic heterocycles. The van der Waals surface area contributed by atoms with Crippen LogP contribution in [0.15, 0.2) is 47.8 Å². The van der Waals surface area contributed by atoms with Crippen molar-refractivity contribution in [1.29, 1.82) is 0 Å². The van der Waals surface area contributed by atoms with Crippen LogP contribution in [0.2, 0.25) is 0 Å². The van der Waals surface area contributed by atoms with Crippen molar-refractivity contribution in [2.45, 2.75) is 6.04 Å². The van der Waals surface area contributed by atoms with Crippen molar-refractivity contribution >= 4 is 33.9 Å². The molecule has 0 radical (unpaired) electrons. The molecule has 1 saturated heterocycles. The fourth-order valence-corrected chi connectivity index (χ4v) is 4.60. The van der Waals surface area contributed by atoms with Gasteiger partial charge in [0.2, 0.25) is 0 Å². The van der Waals surface area contributed by atoms with Crippen molar-refractivity contribution in [1.82, 2.24) is 10.3 Å². The molecule has 4 heteroatoms. The van der Waals surface area contributed by atoms with E-state index in [0.717, 1.165) is 18.0 Å². The van der Waals surface area contributed by atoms with Crippen LogP contribution in [-0.2, 0) is 0 Å². The Hall–Kier alpha value is -1.36. The fraction of sp³-hybridized carbons (Fsp3) is 0.235. The minimum atomic E-state index is 0.419. The SMILES string of the molecule is c1ccc2cc(-c3csc(C4CSCCN4)n3)ccc2c1. The highest BCUT2D eigenvalue weighted by molar-refractivity contribution is 7.99. The first-order valence-corrected chi connectivity index (χ1v) is 9.19. The molecule has 1 aliphatic heterocycles. The maximum absolute atomic E-state index is 4.85. The minimum Gasteiger partial charge on any atom is -0.306 e. The molecule has 4 rings (SSSR count). The van der Waals surface area contributed by atoms with Crippen LogP contribution in [0.4, 0.5) is 0 Å². The largest absolute Gasteiger partial charge is 0.306 e. The monoisotopic (exact) mass is 312 g/mol. The predicted molar refractivity (Wildman–Crippen MR) is 93.1 cm³/mol. The van der Waals surface area contributed by atoms with E-state index in [4.69, 9.17) is 4.98 Å². The number of fused-ring (bicyclic) bond motifs is 1. The number of nitrogens with one attached hydrogen (secondary N) is 1. The van der Waals surface area contributed by atoms with Crippen LogP contribution in [-0.4, -0.2) is 23.0 Å². The zero-order valence-corrected chi connectivity index (χ0v) is 13.2. The molecule has 1 unspecified atom stereocenters. The van der Waals surface area contributed by atoms with Crippen molar-refractivity contribution in [2.75, 3.05) is 18.1 Å². The molecular formula is C17H16N2S2. The van der Waals surface area contributed by atoms with E-state index in [1.165, 1.54) is 27.1 Å². The van der Waals surface area contributed by atoms with E-state index < -0.39 is 0 Å². The van der Waals surface area contributed by atoms with Gasteiger partial charge in [-0.1, -0.05) is 36.4 Å². The molecule has 0 spiro atoms. The summed E-state index contributed by atoms with van der Waals surface area (Å²) in [7, 11) is 0. The van der Waals surface area contributed by atoms with Crippen LogP contribution in [0.1, 0.15) is 11.0 Å². The molecular weight excluding hydrogens is 296 g/mol. The number of hydrogen-bond acceptors (Lipinski definition) is 4. The number of hydrogen-bond donors (Lipinski definition) is 1. The number of thioether (sulfide) groups is 1. The Morgan fingerprint density at radius 1 is 1.10 bits per heavy atom. The van der Waals surface area contributed by atoms with Gasteiger partial charge >= 0.3 is 0 Å². The summed E-state index contributed by atoms with van der Waals surface area (Å²) >= 11 is 3.78.